The van der Waals surface area contributed by atoms with Crippen molar-refractivity contribution in [2.75, 3.05) is 0 Å². The van der Waals surface area contributed by atoms with Crippen molar-refractivity contribution >= 4 is 0 Å². The molecule has 0 atom stereocenters. The average Bonchev–Trinajstić information content (AvgIpc) is 2.67. The largest absolute Gasteiger partial charge is 0.483 e. The van der Waals surface area contributed by atoms with Crippen LogP contribution in [0.25, 0.3) is 0 Å². The van der Waals surface area contributed by atoms with E-state index in [-0.39, 0.29) is 11.2 Å². The van der Waals surface area contributed by atoms with Gasteiger partial charge < -0.3 is 9.57 Å². The van der Waals surface area contributed by atoms with Crippen molar-refractivity contribution in [3.05, 3.63) is 100.0 Å². The van der Waals surface area contributed by atoms with Gasteiger partial charge in [0.25, 0.3) is 0 Å². The second-order valence-electron chi connectivity index (χ2n) is 5.39. The van der Waals surface area contributed by atoms with Crippen molar-refractivity contribution in [1.29, 1.82) is 0 Å². The lowest BCUT2D eigenvalue weighted by atomic mass is 10.2. The summed E-state index contributed by atoms with van der Waals surface area (Å²) in [4.78, 5) is 17.9. The summed E-state index contributed by atoms with van der Waals surface area (Å²) in [5.74, 6) is 2.65. The fourth-order valence-corrected chi connectivity index (χ4v) is 2.27. The number of hydrogen-bond acceptors (Lipinski definition) is 3. The first kappa shape index (κ1) is 16.4. The number of ether oxygens (including phenoxy) is 1. The zero-order valence-corrected chi connectivity index (χ0v) is 13.6. The van der Waals surface area contributed by atoms with Gasteiger partial charge in [-0.25, -0.2) is 0 Å². The zero-order chi connectivity index (χ0) is 17.5. The van der Waals surface area contributed by atoms with E-state index < -0.39 is 0 Å². The van der Waals surface area contributed by atoms with Crippen LogP contribution in [-0.4, -0.2) is 4.73 Å². The molecule has 0 aliphatic rings. The average molecular weight is 331 g/mol. The van der Waals surface area contributed by atoms with Crippen LogP contribution in [-0.2, 0) is 13.2 Å². The zero-order valence-electron chi connectivity index (χ0n) is 13.6. The molecule has 25 heavy (non-hydrogen) atoms. The van der Waals surface area contributed by atoms with E-state index >= 15 is 0 Å². The van der Waals surface area contributed by atoms with Crippen LogP contribution < -0.4 is 15.0 Å². The van der Waals surface area contributed by atoms with E-state index in [4.69, 9.17) is 16.0 Å². The van der Waals surface area contributed by atoms with Gasteiger partial charge >= 0.3 is 0 Å². The first-order valence-electron chi connectivity index (χ1n) is 7.83. The Hall–Kier alpha value is -3.45. The number of terminal acetylenes is 1. The Bertz CT molecular complexity index is 925. The number of hydrogen-bond donors (Lipinski definition) is 0. The Morgan fingerprint density at radius 3 is 2.12 bits per heavy atom. The molecule has 2 aromatic carbocycles. The van der Waals surface area contributed by atoms with Crippen LogP contribution in [0.3, 0.4) is 0 Å². The highest BCUT2D eigenvalue weighted by Gasteiger charge is 2.08. The Kier molecular flexibility index (Phi) is 5.18. The molecule has 4 heteroatoms. The molecule has 0 spiro atoms. The third kappa shape index (κ3) is 4.30. The van der Waals surface area contributed by atoms with Crippen molar-refractivity contribution in [1.82, 2.24) is 4.73 Å². The summed E-state index contributed by atoms with van der Waals surface area (Å²) in [6.45, 7) is 0.626. The van der Waals surface area contributed by atoms with Crippen molar-refractivity contribution in [2.24, 2.45) is 0 Å². The second kappa shape index (κ2) is 7.89. The highest BCUT2D eigenvalue weighted by atomic mass is 16.7. The minimum absolute atomic E-state index is 0.191. The van der Waals surface area contributed by atoms with Gasteiger partial charge in [0.2, 0.25) is 5.43 Å². The van der Waals surface area contributed by atoms with Gasteiger partial charge in [-0.15, -0.1) is 6.42 Å². The van der Waals surface area contributed by atoms with Crippen LogP contribution in [0.5, 0.6) is 5.75 Å². The summed E-state index contributed by atoms with van der Waals surface area (Å²) in [6, 6.07) is 20.7. The van der Waals surface area contributed by atoms with Crippen molar-refractivity contribution in [2.45, 2.75) is 13.2 Å². The molecular formula is C21H17NO3. The van der Waals surface area contributed by atoms with Gasteiger partial charge in [-0.1, -0.05) is 60.7 Å². The molecule has 3 aromatic rings. The number of nitrogens with zero attached hydrogens (tertiary/aromatic N) is 1. The molecule has 0 saturated carbocycles. The van der Waals surface area contributed by atoms with E-state index in [0.29, 0.717) is 18.9 Å². The standard InChI is InChI=1S/C21H17NO3/c1-2-19-13-20(23)21(24-15-17-9-5-3-6-10-17)14-22(19)25-16-18-11-7-4-8-12-18/h1,3-14H,15-16H2. The second-order valence-corrected chi connectivity index (χ2v) is 5.39. The third-order valence-corrected chi connectivity index (χ3v) is 3.58. The smallest absolute Gasteiger partial charge is 0.224 e. The molecule has 4 nitrogen and oxygen atoms in total. The van der Waals surface area contributed by atoms with Crippen LogP contribution in [0.15, 0.2) is 77.7 Å². The molecule has 0 aliphatic heterocycles. The molecule has 0 unspecified atom stereocenters. The minimum atomic E-state index is -0.275. The van der Waals surface area contributed by atoms with E-state index in [1.54, 1.807) is 0 Å². The van der Waals surface area contributed by atoms with Gasteiger partial charge in [-0.2, -0.15) is 4.73 Å². The van der Waals surface area contributed by atoms with Gasteiger partial charge in [-0.3, -0.25) is 4.79 Å². The molecule has 3 rings (SSSR count). The molecular weight excluding hydrogens is 314 g/mol. The van der Waals surface area contributed by atoms with Crippen molar-refractivity contribution in [3.8, 4) is 18.1 Å². The fraction of sp³-hybridized carbons (Fsp3) is 0.0952. The van der Waals surface area contributed by atoms with E-state index in [0.717, 1.165) is 11.1 Å². The van der Waals surface area contributed by atoms with Gasteiger partial charge in [0, 0.05) is 6.07 Å². The van der Waals surface area contributed by atoms with E-state index in [1.807, 2.05) is 60.7 Å². The Balaban J connectivity index is 1.77. The minimum Gasteiger partial charge on any atom is -0.483 e. The Morgan fingerprint density at radius 2 is 1.52 bits per heavy atom. The van der Waals surface area contributed by atoms with Crippen LogP contribution in [0.1, 0.15) is 16.8 Å². The van der Waals surface area contributed by atoms with Gasteiger partial charge in [0.1, 0.15) is 18.9 Å². The maximum absolute atomic E-state index is 12.2. The fourth-order valence-electron chi connectivity index (χ4n) is 2.27. The first-order valence-corrected chi connectivity index (χ1v) is 7.83. The summed E-state index contributed by atoms with van der Waals surface area (Å²) in [5.41, 5.74) is 2.03. The van der Waals surface area contributed by atoms with Crippen LogP contribution in [0.2, 0.25) is 0 Å². The van der Waals surface area contributed by atoms with Crippen molar-refractivity contribution in [3.63, 3.8) is 0 Å². The quantitative estimate of drug-likeness (QED) is 0.652. The maximum Gasteiger partial charge on any atom is 0.224 e. The lowest BCUT2D eigenvalue weighted by molar-refractivity contribution is 0.0914. The van der Waals surface area contributed by atoms with Gasteiger partial charge in [-0.05, 0) is 17.0 Å². The molecule has 0 radical (unpaired) electrons. The van der Waals surface area contributed by atoms with Gasteiger partial charge in [0.05, 0.1) is 6.20 Å². The molecule has 0 amide bonds. The molecule has 0 bridgehead atoms. The number of rotatable bonds is 6. The van der Waals surface area contributed by atoms with E-state index in [2.05, 4.69) is 5.92 Å². The molecule has 1 heterocycles. The highest BCUT2D eigenvalue weighted by Crippen LogP contribution is 2.10. The summed E-state index contributed by atoms with van der Waals surface area (Å²) >= 11 is 0. The van der Waals surface area contributed by atoms with Crippen molar-refractivity contribution < 1.29 is 9.57 Å². The highest BCUT2D eigenvalue weighted by molar-refractivity contribution is 5.30. The Labute approximate surface area is 146 Å². The van der Waals surface area contributed by atoms with Crippen LogP contribution >= 0.6 is 0 Å². The van der Waals surface area contributed by atoms with E-state index in [1.165, 1.54) is 17.0 Å². The number of pyridine rings is 1. The SMILES string of the molecule is C#Cc1cc(=O)c(OCc2ccccc2)cn1OCc1ccccc1. The molecule has 0 aliphatic carbocycles. The topological polar surface area (TPSA) is 40.5 Å². The van der Waals surface area contributed by atoms with E-state index in [9.17, 15) is 4.79 Å². The molecule has 124 valence electrons. The molecule has 0 fully saturated rings. The number of benzene rings is 2. The molecule has 0 saturated heterocycles. The summed E-state index contributed by atoms with van der Waals surface area (Å²) in [6.07, 6.45) is 6.96. The maximum atomic E-state index is 12.2. The molecule has 1 aromatic heterocycles. The normalized spacial score (nSPS) is 10.0. The third-order valence-electron chi connectivity index (χ3n) is 3.58. The Morgan fingerprint density at radius 1 is 0.920 bits per heavy atom. The monoisotopic (exact) mass is 331 g/mol. The summed E-state index contributed by atoms with van der Waals surface area (Å²) in [7, 11) is 0. The number of aromatic nitrogens is 1. The van der Waals surface area contributed by atoms with Crippen LogP contribution in [0.4, 0.5) is 0 Å². The summed E-state index contributed by atoms with van der Waals surface area (Å²) < 4.78 is 7.03. The predicted octanol–water partition coefficient (Wildman–Crippen LogP) is 3.04. The lowest BCUT2D eigenvalue weighted by Gasteiger charge is -2.14. The first-order chi connectivity index (χ1) is 12.3. The molecule has 0 N–H and O–H groups in total. The van der Waals surface area contributed by atoms with Gasteiger partial charge in [0.15, 0.2) is 5.75 Å². The lowest BCUT2D eigenvalue weighted by Crippen LogP contribution is -2.19. The predicted molar refractivity (Wildman–Crippen MR) is 96.1 cm³/mol. The van der Waals surface area contributed by atoms with Crippen LogP contribution in [0, 0.1) is 12.3 Å². The summed E-state index contributed by atoms with van der Waals surface area (Å²) in [5, 5.41) is 0.